The van der Waals surface area contributed by atoms with Crippen molar-refractivity contribution in [2.75, 3.05) is 19.7 Å². The lowest BCUT2D eigenvalue weighted by atomic mass is 10.2. The predicted octanol–water partition coefficient (Wildman–Crippen LogP) is 1.64. The van der Waals surface area contributed by atoms with Gasteiger partial charge >= 0.3 is 0 Å². The van der Waals surface area contributed by atoms with Crippen molar-refractivity contribution in [3.63, 3.8) is 0 Å². The maximum Gasteiger partial charge on any atom is 0.228 e. The Kier molecular flexibility index (Phi) is 4.26. The van der Waals surface area contributed by atoms with Crippen LogP contribution < -0.4 is 0 Å². The number of carbonyl (C=O) groups excluding carboxylic acids is 1. The Morgan fingerprint density at radius 2 is 2.27 bits per heavy atom. The van der Waals surface area contributed by atoms with Gasteiger partial charge in [-0.1, -0.05) is 0 Å². The van der Waals surface area contributed by atoms with E-state index in [4.69, 9.17) is 4.74 Å². The molecule has 0 aromatic carbocycles. The molecule has 1 amide bonds. The van der Waals surface area contributed by atoms with Crippen molar-refractivity contribution in [2.45, 2.75) is 26.4 Å². The molecule has 7 heteroatoms. The van der Waals surface area contributed by atoms with Crippen LogP contribution in [0.2, 0.25) is 0 Å². The second-order valence-electron chi connectivity index (χ2n) is 5.59. The van der Waals surface area contributed by atoms with E-state index in [9.17, 15) is 4.79 Å². The lowest BCUT2D eigenvalue weighted by molar-refractivity contribution is -0.138. The van der Waals surface area contributed by atoms with Gasteiger partial charge in [0.25, 0.3) is 0 Å². The van der Waals surface area contributed by atoms with Gasteiger partial charge in [-0.15, -0.1) is 11.3 Å². The third-order valence-corrected chi connectivity index (χ3v) is 4.56. The molecule has 0 bridgehead atoms. The van der Waals surface area contributed by atoms with E-state index in [1.165, 1.54) is 0 Å². The maximum atomic E-state index is 12.5. The third kappa shape index (κ3) is 3.20. The Hall–Kier alpha value is -1.73. The summed E-state index contributed by atoms with van der Waals surface area (Å²) in [6, 6.07) is 0. The summed E-state index contributed by atoms with van der Waals surface area (Å²) in [5, 5.41) is 2.94. The van der Waals surface area contributed by atoms with Crippen LogP contribution in [0.15, 0.2) is 11.6 Å². The van der Waals surface area contributed by atoms with Crippen LogP contribution in [-0.2, 0) is 23.0 Å². The highest BCUT2D eigenvalue weighted by atomic mass is 32.1. The van der Waals surface area contributed by atoms with Gasteiger partial charge in [-0.3, -0.25) is 4.79 Å². The first-order valence-corrected chi connectivity index (χ1v) is 8.21. The molecule has 6 nitrogen and oxygen atoms in total. The van der Waals surface area contributed by atoms with Gasteiger partial charge < -0.3 is 14.2 Å². The van der Waals surface area contributed by atoms with Crippen molar-refractivity contribution in [3.05, 3.63) is 33.8 Å². The van der Waals surface area contributed by atoms with Gasteiger partial charge in [0.2, 0.25) is 5.91 Å². The first kappa shape index (κ1) is 15.2. The minimum absolute atomic E-state index is 0.101. The number of aryl methyl sites for hydroxylation is 3. The number of carbonyl (C=O) groups is 1. The highest BCUT2D eigenvalue weighted by Gasteiger charge is 2.28. The van der Waals surface area contributed by atoms with Crippen molar-refractivity contribution in [1.82, 2.24) is 19.4 Å². The molecular weight excluding hydrogens is 300 g/mol. The largest absolute Gasteiger partial charge is 0.367 e. The lowest BCUT2D eigenvalue weighted by Gasteiger charge is -2.32. The number of amides is 1. The molecule has 0 N–H and O–H groups in total. The monoisotopic (exact) mass is 320 g/mol. The minimum Gasteiger partial charge on any atom is -0.367 e. The molecule has 118 valence electrons. The van der Waals surface area contributed by atoms with Crippen LogP contribution in [0, 0.1) is 13.8 Å². The summed E-state index contributed by atoms with van der Waals surface area (Å²) in [6.45, 7) is 5.62. The molecule has 0 aliphatic carbocycles. The number of nitrogens with zero attached hydrogens (tertiary/aromatic N) is 4. The highest BCUT2D eigenvalue weighted by molar-refractivity contribution is 7.09. The van der Waals surface area contributed by atoms with E-state index in [-0.39, 0.29) is 12.0 Å². The van der Waals surface area contributed by atoms with E-state index in [0.717, 1.165) is 22.2 Å². The molecule has 0 radical (unpaired) electrons. The molecule has 2 aromatic heterocycles. The quantitative estimate of drug-likeness (QED) is 0.862. The Labute approximate surface area is 133 Å². The summed E-state index contributed by atoms with van der Waals surface area (Å²) in [5.74, 6) is 0.976. The van der Waals surface area contributed by atoms with Crippen molar-refractivity contribution in [2.24, 2.45) is 7.05 Å². The van der Waals surface area contributed by atoms with Gasteiger partial charge in [-0.05, 0) is 13.8 Å². The number of rotatable bonds is 3. The van der Waals surface area contributed by atoms with Crippen molar-refractivity contribution in [3.8, 4) is 0 Å². The van der Waals surface area contributed by atoms with Gasteiger partial charge in [0, 0.05) is 25.2 Å². The summed E-state index contributed by atoms with van der Waals surface area (Å²) >= 11 is 1.58. The lowest BCUT2D eigenvalue weighted by Crippen LogP contribution is -2.43. The zero-order chi connectivity index (χ0) is 15.7. The Balaban J connectivity index is 1.67. The van der Waals surface area contributed by atoms with E-state index in [1.54, 1.807) is 11.3 Å². The molecule has 0 spiro atoms. The number of morpholine rings is 1. The van der Waals surface area contributed by atoms with Crippen molar-refractivity contribution >= 4 is 17.2 Å². The zero-order valence-corrected chi connectivity index (χ0v) is 13.9. The average Bonchev–Trinajstić information content (AvgIpc) is 3.04. The average molecular weight is 320 g/mol. The van der Waals surface area contributed by atoms with Gasteiger partial charge in [-0.2, -0.15) is 0 Å². The molecule has 1 aliphatic rings. The fourth-order valence-electron chi connectivity index (χ4n) is 2.72. The molecule has 1 fully saturated rings. The van der Waals surface area contributed by atoms with Crippen LogP contribution in [0.5, 0.6) is 0 Å². The zero-order valence-electron chi connectivity index (χ0n) is 13.1. The molecule has 1 aliphatic heterocycles. The summed E-state index contributed by atoms with van der Waals surface area (Å²) in [5.41, 5.74) is 1.81. The van der Waals surface area contributed by atoms with Crippen molar-refractivity contribution in [1.29, 1.82) is 0 Å². The molecule has 3 heterocycles. The van der Waals surface area contributed by atoms with Gasteiger partial charge in [0.15, 0.2) is 0 Å². The summed E-state index contributed by atoms with van der Waals surface area (Å²) in [4.78, 5) is 23.2. The molecular formula is C15H20N4O2S. The first-order chi connectivity index (χ1) is 10.5. The fraction of sp³-hybridized carbons (Fsp3) is 0.533. The second-order valence-corrected chi connectivity index (χ2v) is 6.65. The number of hydrogen-bond donors (Lipinski definition) is 0. The maximum absolute atomic E-state index is 12.5. The van der Waals surface area contributed by atoms with E-state index in [0.29, 0.717) is 26.1 Å². The van der Waals surface area contributed by atoms with Crippen LogP contribution in [0.1, 0.15) is 28.3 Å². The molecule has 1 saturated heterocycles. The number of imidazole rings is 1. The van der Waals surface area contributed by atoms with Crippen LogP contribution in [-0.4, -0.2) is 45.0 Å². The first-order valence-electron chi connectivity index (χ1n) is 7.33. The standard InChI is InChI=1S/C15H20N4O2S/c1-10-7-18(3)15(16-10)13-8-19(4-5-21-13)14(20)6-12-9-22-11(2)17-12/h7,9,13H,4-6,8H2,1-3H3/t13-/m0/s1. The Bertz CT molecular complexity index is 679. The molecule has 0 unspecified atom stereocenters. The number of thiazole rings is 1. The molecule has 2 aromatic rings. The van der Waals surface area contributed by atoms with Gasteiger partial charge in [0.05, 0.1) is 36.0 Å². The molecule has 1 atom stereocenters. The van der Waals surface area contributed by atoms with E-state index in [2.05, 4.69) is 9.97 Å². The number of hydrogen-bond acceptors (Lipinski definition) is 5. The number of aromatic nitrogens is 3. The minimum atomic E-state index is -0.159. The third-order valence-electron chi connectivity index (χ3n) is 3.74. The molecule has 22 heavy (non-hydrogen) atoms. The van der Waals surface area contributed by atoms with Gasteiger partial charge in [-0.25, -0.2) is 9.97 Å². The Morgan fingerprint density at radius 1 is 1.45 bits per heavy atom. The highest BCUT2D eigenvalue weighted by Crippen LogP contribution is 2.22. The van der Waals surface area contributed by atoms with E-state index >= 15 is 0 Å². The topological polar surface area (TPSA) is 60.2 Å². The molecule has 3 rings (SSSR count). The molecule has 0 saturated carbocycles. The predicted molar refractivity (Wildman–Crippen MR) is 83.8 cm³/mol. The smallest absolute Gasteiger partial charge is 0.228 e. The Morgan fingerprint density at radius 3 is 2.91 bits per heavy atom. The van der Waals surface area contributed by atoms with Gasteiger partial charge in [0.1, 0.15) is 11.9 Å². The fourth-order valence-corrected chi connectivity index (χ4v) is 3.33. The van der Waals surface area contributed by atoms with Crippen LogP contribution in [0.3, 0.4) is 0 Å². The summed E-state index contributed by atoms with van der Waals surface area (Å²) in [7, 11) is 1.96. The summed E-state index contributed by atoms with van der Waals surface area (Å²) < 4.78 is 7.77. The SMILES string of the molecule is Cc1cn(C)c([C@@H]2CN(C(=O)Cc3csc(C)n3)CCO2)n1. The van der Waals surface area contributed by atoms with E-state index in [1.807, 2.05) is 41.9 Å². The van der Waals surface area contributed by atoms with Crippen molar-refractivity contribution < 1.29 is 9.53 Å². The summed E-state index contributed by atoms with van der Waals surface area (Å²) in [6.07, 6.45) is 2.17. The van der Waals surface area contributed by atoms with E-state index < -0.39 is 0 Å². The second kappa shape index (κ2) is 6.18. The van der Waals surface area contributed by atoms with Crippen LogP contribution in [0.4, 0.5) is 0 Å². The normalized spacial score (nSPS) is 18.7. The van der Waals surface area contributed by atoms with Crippen LogP contribution in [0.25, 0.3) is 0 Å². The van der Waals surface area contributed by atoms with Crippen LogP contribution >= 0.6 is 11.3 Å². The number of ether oxygens (including phenoxy) is 1.